The summed E-state index contributed by atoms with van der Waals surface area (Å²) in [5.41, 5.74) is 1.06. The van der Waals surface area contributed by atoms with Crippen LogP contribution in [0.5, 0.6) is 5.75 Å². The third-order valence-electron chi connectivity index (χ3n) is 5.33. The van der Waals surface area contributed by atoms with Gasteiger partial charge in [-0.15, -0.1) is 0 Å². The van der Waals surface area contributed by atoms with Gasteiger partial charge in [0.2, 0.25) is 5.91 Å². The fourth-order valence-electron chi connectivity index (χ4n) is 3.98. The molecule has 0 unspecified atom stereocenters. The second kappa shape index (κ2) is 11.3. The van der Waals surface area contributed by atoms with Crippen LogP contribution < -0.4 is 10.1 Å². The van der Waals surface area contributed by atoms with Gasteiger partial charge >= 0.3 is 5.97 Å². The van der Waals surface area contributed by atoms with Crippen LogP contribution >= 0.6 is 11.6 Å². The summed E-state index contributed by atoms with van der Waals surface area (Å²) in [5.74, 6) is -1.15. The van der Waals surface area contributed by atoms with E-state index in [0.29, 0.717) is 23.7 Å². The van der Waals surface area contributed by atoms with E-state index in [4.69, 9.17) is 26.2 Å². The largest absolute Gasteiger partial charge is 0.486 e. The SMILES string of the molecule is CN(Cc1ccccc1)[C@@H]1[C@@H](O)[C@H](Oc2ccccc2Cl)C[C@H]1NC(=O)COCC(=O)O. The molecule has 4 atom stereocenters. The number of carbonyl (C=O) groups is 2. The third kappa shape index (κ3) is 6.43. The Morgan fingerprint density at radius 2 is 1.81 bits per heavy atom. The molecule has 1 amide bonds. The van der Waals surface area contributed by atoms with Crippen molar-refractivity contribution in [1.29, 1.82) is 0 Å². The van der Waals surface area contributed by atoms with Crippen molar-refractivity contribution in [3.8, 4) is 5.75 Å². The van der Waals surface area contributed by atoms with Crippen LogP contribution in [0, 0.1) is 0 Å². The van der Waals surface area contributed by atoms with Crippen molar-refractivity contribution in [2.45, 2.75) is 37.3 Å². The standard InChI is InChI=1S/C23H27ClN2O6/c1-26(12-15-7-3-2-4-8-15)22-17(25-20(27)13-31-14-21(28)29)11-19(23(22)30)32-18-10-6-5-9-16(18)24/h2-10,17,19,22-23,30H,11-14H2,1H3,(H,25,27)(H,28,29)/t17-,19-,22+,23+/m1/s1. The van der Waals surface area contributed by atoms with Crippen molar-refractivity contribution >= 4 is 23.5 Å². The number of carboxylic acid groups (broad SMARTS) is 1. The number of ether oxygens (including phenoxy) is 2. The molecule has 0 radical (unpaired) electrons. The molecule has 0 bridgehead atoms. The molecular formula is C23H27ClN2O6. The number of nitrogens with zero attached hydrogens (tertiary/aromatic N) is 1. The van der Waals surface area contributed by atoms with Gasteiger partial charge in [-0.3, -0.25) is 9.69 Å². The molecule has 2 aromatic rings. The highest BCUT2D eigenvalue weighted by Gasteiger charge is 2.46. The van der Waals surface area contributed by atoms with Gasteiger partial charge in [-0.25, -0.2) is 4.79 Å². The van der Waals surface area contributed by atoms with E-state index in [1.807, 2.05) is 42.3 Å². The number of nitrogens with one attached hydrogen (secondary N) is 1. The number of aliphatic hydroxyl groups is 1. The van der Waals surface area contributed by atoms with Crippen molar-refractivity contribution in [2.75, 3.05) is 20.3 Å². The fourth-order valence-corrected chi connectivity index (χ4v) is 4.16. The number of aliphatic hydroxyl groups excluding tert-OH is 1. The van der Waals surface area contributed by atoms with E-state index >= 15 is 0 Å². The molecule has 9 heteroatoms. The van der Waals surface area contributed by atoms with Crippen LogP contribution in [0.3, 0.4) is 0 Å². The summed E-state index contributed by atoms with van der Waals surface area (Å²) in [6.07, 6.45) is -1.14. The van der Waals surface area contributed by atoms with Gasteiger partial charge in [0, 0.05) is 13.0 Å². The summed E-state index contributed by atoms with van der Waals surface area (Å²) in [6.45, 7) is -0.385. The number of likely N-dealkylation sites (N-methyl/N-ethyl adjacent to an activating group) is 1. The molecule has 8 nitrogen and oxygen atoms in total. The van der Waals surface area contributed by atoms with Crippen LogP contribution in [0.25, 0.3) is 0 Å². The van der Waals surface area contributed by atoms with Gasteiger partial charge in [0.15, 0.2) is 0 Å². The first-order valence-electron chi connectivity index (χ1n) is 10.3. The van der Waals surface area contributed by atoms with Gasteiger partial charge in [-0.1, -0.05) is 54.1 Å². The second-order valence-corrected chi connectivity index (χ2v) is 8.17. The average molecular weight is 463 g/mol. The number of para-hydroxylation sites is 1. The number of carbonyl (C=O) groups excluding carboxylic acids is 1. The first kappa shape index (κ1) is 24.0. The Kier molecular flexibility index (Phi) is 8.46. The monoisotopic (exact) mass is 462 g/mol. The maximum absolute atomic E-state index is 12.3. The highest BCUT2D eigenvalue weighted by molar-refractivity contribution is 6.32. The minimum absolute atomic E-state index is 0.348. The van der Waals surface area contributed by atoms with E-state index < -0.39 is 42.8 Å². The molecule has 0 aliphatic heterocycles. The van der Waals surface area contributed by atoms with E-state index in [1.165, 1.54) is 0 Å². The summed E-state index contributed by atoms with van der Waals surface area (Å²) >= 11 is 6.21. The van der Waals surface area contributed by atoms with Gasteiger partial charge in [-0.05, 0) is 24.7 Å². The van der Waals surface area contributed by atoms with Crippen LogP contribution in [-0.4, -0.2) is 71.5 Å². The summed E-state index contributed by atoms with van der Waals surface area (Å²) < 4.78 is 10.9. The van der Waals surface area contributed by atoms with E-state index in [9.17, 15) is 14.7 Å². The van der Waals surface area contributed by atoms with Gasteiger partial charge in [0.25, 0.3) is 0 Å². The Hall–Kier alpha value is -2.65. The summed E-state index contributed by atoms with van der Waals surface area (Å²) in [6, 6.07) is 15.9. The smallest absolute Gasteiger partial charge is 0.329 e. The third-order valence-corrected chi connectivity index (χ3v) is 5.65. The zero-order valence-electron chi connectivity index (χ0n) is 17.7. The van der Waals surface area contributed by atoms with Gasteiger partial charge < -0.3 is 25.0 Å². The van der Waals surface area contributed by atoms with Crippen molar-refractivity contribution in [2.24, 2.45) is 0 Å². The molecule has 0 spiro atoms. The lowest BCUT2D eigenvalue weighted by Crippen LogP contribution is -2.52. The number of aliphatic carboxylic acids is 1. The number of rotatable bonds is 10. The Morgan fingerprint density at radius 3 is 2.50 bits per heavy atom. The Bertz CT molecular complexity index is 912. The molecule has 0 aromatic heterocycles. The van der Waals surface area contributed by atoms with Gasteiger partial charge in [0.05, 0.1) is 17.1 Å². The highest BCUT2D eigenvalue weighted by Crippen LogP contribution is 2.32. The first-order chi connectivity index (χ1) is 15.3. The highest BCUT2D eigenvalue weighted by atomic mass is 35.5. The number of carboxylic acids is 1. The predicted octanol–water partition coefficient (Wildman–Crippen LogP) is 1.94. The van der Waals surface area contributed by atoms with E-state index in [-0.39, 0.29) is 6.61 Å². The van der Waals surface area contributed by atoms with Crippen LogP contribution in [-0.2, 0) is 20.9 Å². The van der Waals surface area contributed by atoms with Gasteiger partial charge in [-0.2, -0.15) is 0 Å². The van der Waals surface area contributed by atoms with Crippen LogP contribution in [0.4, 0.5) is 0 Å². The van der Waals surface area contributed by atoms with Crippen molar-refractivity contribution in [1.82, 2.24) is 10.2 Å². The van der Waals surface area contributed by atoms with Crippen molar-refractivity contribution < 1.29 is 29.3 Å². The number of hydrogen-bond donors (Lipinski definition) is 3. The minimum atomic E-state index is -1.15. The van der Waals surface area contributed by atoms with Crippen LogP contribution in [0.1, 0.15) is 12.0 Å². The second-order valence-electron chi connectivity index (χ2n) is 7.76. The molecule has 1 aliphatic carbocycles. The lowest BCUT2D eigenvalue weighted by Gasteiger charge is -2.32. The molecule has 1 fully saturated rings. The molecule has 172 valence electrons. The molecule has 3 N–H and O–H groups in total. The van der Waals surface area contributed by atoms with E-state index in [0.717, 1.165) is 5.56 Å². The Balaban J connectivity index is 1.73. The van der Waals surface area contributed by atoms with E-state index in [2.05, 4.69) is 5.32 Å². The topological polar surface area (TPSA) is 108 Å². The molecule has 0 heterocycles. The summed E-state index contributed by atoms with van der Waals surface area (Å²) in [5, 5.41) is 23.1. The molecule has 0 saturated heterocycles. The number of halogens is 1. The van der Waals surface area contributed by atoms with Crippen LogP contribution in [0.15, 0.2) is 54.6 Å². The van der Waals surface area contributed by atoms with Crippen LogP contribution in [0.2, 0.25) is 5.02 Å². The molecule has 32 heavy (non-hydrogen) atoms. The number of hydrogen-bond acceptors (Lipinski definition) is 6. The normalized spacial score (nSPS) is 22.6. The Morgan fingerprint density at radius 1 is 1.12 bits per heavy atom. The van der Waals surface area contributed by atoms with E-state index in [1.54, 1.807) is 24.3 Å². The van der Waals surface area contributed by atoms with Crippen molar-refractivity contribution in [3.63, 3.8) is 0 Å². The zero-order chi connectivity index (χ0) is 23.1. The lowest BCUT2D eigenvalue weighted by molar-refractivity contribution is -0.143. The maximum atomic E-state index is 12.3. The molecule has 3 rings (SSSR count). The molecular weight excluding hydrogens is 436 g/mol. The quantitative estimate of drug-likeness (QED) is 0.495. The fraction of sp³-hybridized carbons (Fsp3) is 0.391. The lowest BCUT2D eigenvalue weighted by atomic mass is 10.1. The Labute approximate surface area is 191 Å². The molecule has 1 saturated carbocycles. The number of amides is 1. The predicted molar refractivity (Wildman–Crippen MR) is 119 cm³/mol. The zero-order valence-corrected chi connectivity index (χ0v) is 18.4. The maximum Gasteiger partial charge on any atom is 0.329 e. The number of benzene rings is 2. The summed E-state index contributed by atoms with van der Waals surface area (Å²) in [7, 11) is 1.87. The van der Waals surface area contributed by atoms with Gasteiger partial charge in [0.1, 0.15) is 31.2 Å². The molecule has 2 aromatic carbocycles. The minimum Gasteiger partial charge on any atom is -0.486 e. The summed E-state index contributed by atoms with van der Waals surface area (Å²) in [4.78, 5) is 24.9. The molecule has 1 aliphatic rings. The first-order valence-corrected chi connectivity index (χ1v) is 10.6. The van der Waals surface area contributed by atoms with Crippen molar-refractivity contribution in [3.05, 3.63) is 65.2 Å². The average Bonchev–Trinajstić information content (AvgIpc) is 3.04.